The van der Waals surface area contributed by atoms with Gasteiger partial charge in [-0.2, -0.15) is 5.26 Å². The van der Waals surface area contributed by atoms with E-state index in [9.17, 15) is 0 Å². The number of anilines is 1. The van der Waals surface area contributed by atoms with Gasteiger partial charge in [0.05, 0.1) is 11.6 Å². The third kappa shape index (κ3) is 1.86. The molecule has 3 aromatic rings. The van der Waals surface area contributed by atoms with Crippen LogP contribution in [0.25, 0.3) is 16.9 Å². The van der Waals surface area contributed by atoms with E-state index in [0.717, 1.165) is 27.1 Å². The fourth-order valence-electron chi connectivity index (χ4n) is 2.21. The number of hydrogen-bond donors (Lipinski definition) is 1. The van der Waals surface area contributed by atoms with Crippen LogP contribution in [0.5, 0.6) is 0 Å². The summed E-state index contributed by atoms with van der Waals surface area (Å²) in [6, 6.07) is 13.2. The number of nitriles is 1. The normalized spacial score (nSPS) is 10.7. The van der Waals surface area contributed by atoms with Gasteiger partial charge >= 0.3 is 0 Å². The number of halogens is 1. The monoisotopic (exact) mass is 326 g/mol. The number of fused-ring (bicyclic) bond motifs is 1. The van der Waals surface area contributed by atoms with Gasteiger partial charge in [-0.05, 0) is 47.1 Å². The lowest BCUT2D eigenvalue weighted by Crippen LogP contribution is -1.98. The molecule has 0 radical (unpaired) electrons. The standard InChI is InChI=1S/C15H11BrN4/c1-9-12(16)6-7-13-19-14(15(18)20(9)13)11-4-2-10(8-17)3-5-11/h2-7H,18H2,1H3. The highest BCUT2D eigenvalue weighted by Gasteiger charge is 2.13. The van der Waals surface area contributed by atoms with E-state index in [0.29, 0.717) is 11.4 Å². The van der Waals surface area contributed by atoms with Gasteiger partial charge in [-0.25, -0.2) is 4.98 Å². The molecule has 2 heterocycles. The summed E-state index contributed by atoms with van der Waals surface area (Å²) >= 11 is 3.49. The molecule has 1 aromatic carbocycles. The van der Waals surface area contributed by atoms with Gasteiger partial charge in [0.15, 0.2) is 0 Å². The number of rotatable bonds is 1. The van der Waals surface area contributed by atoms with Gasteiger partial charge in [-0.3, -0.25) is 4.40 Å². The van der Waals surface area contributed by atoms with Gasteiger partial charge in [0.1, 0.15) is 17.2 Å². The molecule has 98 valence electrons. The Morgan fingerprint density at radius 1 is 1.20 bits per heavy atom. The van der Waals surface area contributed by atoms with Gasteiger partial charge in [-0.15, -0.1) is 0 Å². The zero-order chi connectivity index (χ0) is 14.3. The van der Waals surface area contributed by atoms with Crippen molar-refractivity contribution in [3.05, 3.63) is 52.1 Å². The van der Waals surface area contributed by atoms with Crippen molar-refractivity contribution in [3.8, 4) is 17.3 Å². The van der Waals surface area contributed by atoms with Crippen LogP contribution in [0.2, 0.25) is 0 Å². The molecule has 0 bridgehead atoms. The average molecular weight is 327 g/mol. The average Bonchev–Trinajstić information content (AvgIpc) is 2.81. The zero-order valence-electron chi connectivity index (χ0n) is 10.8. The van der Waals surface area contributed by atoms with Crippen molar-refractivity contribution in [1.82, 2.24) is 9.38 Å². The Hall–Kier alpha value is -2.32. The van der Waals surface area contributed by atoms with E-state index in [1.165, 1.54) is 0 Å². The number of imidazole rings is 1. The molecule has 0 aliphatic heterocycles. The lowest BCUT2D eigenvalue weighted by molar-refractivity contribution is 1.09. The number of aryl methyl sites for hydroxylation is 1. The fraction of sp³-hybridized carbons (Fsp3) is 0.0667. The maximum atomic E-state index is 8.84. The third-order valence-electron chi connectivity index (χ3n) is 3.29. The molecule has 0 fully saturated rings. The van der Waals surface area contributed by atoms with E-state index in [2.05, 4.69) is 27.0 Å². The molecule has 2 aromatic heterocycles. The number of nitrogen functional groups attached to an aromatic ring is 1. The Balaban J connectivity index is 2.24. The highest BCUT2D eigenvalue weighted by molar-refractivity contribution is 9.10. The summed E-state index contributed by atoms with van der Waals surface area (Å²) < 4.78 is 2.90. The molecule has 3 rings (SSSR count). The predicted octanol–water partition coefficient (Wildman–Crippen LogP) is 3.53. The summed E-state index contributed by atoms with van der Waals surface area (Å²) in [5.41, 5.74) is 10.3. The third-order valence-corrected chi connectivity index (χ3v) is 4.12. The molecule has 0 spiro atoms. The van der Waals surface area contributed by atoms with E-state index in [1.54, 1.807) is 12.1 Å². The van der Waals surface area contributed by atoms with E-state index < -0.39 is 0 Å². The molecule has 4 nitrogen and oxygen atoms in total. The summed E-state index contributed by atoms with van der Waals surface area (Å²) in [7, 11) is 0. The van der Waals surface area contributed by atoms with Crippen LogP contribution in [0.4, 0.5) is 5.82 Å². The van der Waals surface area contributed by atoms with Gasteiger partial charge in [0.2, 0.25) is 0 Å². The number of nitrogens with two attached hydrogens (primary N) is 1. The summed E-state index contributed by atoms with van der Waals surface area (Å²) in [4.78, 5) is 4.57. The summed E-state index contributed by atoms with van der Waals surface area (Å²) in [6.07, 6.45) is 0. The number of pyridine rings is 1. The van der Waals surface area contributed by atoms with Crippen molar-refractivity contribution in [1.29, 1.82) is 5.26 Å². The molecule has 0 saturated carbocycles. The first-order valence-electron chi connectivity index (χ1n) is 6.05. The largest absolute Gasteiger partial charge is 0.383 e. The van der Waals surface area contributed by atoms with Crippen molar-refractivity contribution in [2.75, 3.05) is 5.73 Å². The molecule has 0 amide bonds. The first-order chi connectivity index (χ1) is 9.61. The topological polar surface area (TPSA) is 67.1 Å². The Morgan fingerprint density at radius 2 is 1.90 bits per heavy atom. The van der Waals surface area contributed by atoms with Crippen LogP contribution in [0.15, 0.2) is 40.9 Å². The molecular weight excluding hydrogens is 316 g/mol. The van der Waals surface area contributed by atoms with Crippen LogP contribution in [0.3, 0.4) is 0 Å². The van der Waals surface area contributed by atoms with E-state index >= 15 is 0 Å². The Bertz CT molecular complexity index is 841. The van der Waals surface area contributed by atoms with E-state index in [4.69, 9.17) is 11.0 Å². The molecular formula is C15H11BrN4. The number of hydrogen-bond acceptors (Lipinski definition) is 3. The summed E-state index contributed by atoms with van der Waals surface area (Å²) in [6.45, 7) is 1.98. The van der Waals surface area contributed by atoms with E-state index in [-0.39, 0.29) is 0 Å². The summed E-state index contributed by atoms with van der Waals surface area (Å²) in [5.74, 6) is 0.600. The van der Waals surface area contributed by atoms with Crippen molar-refractivity contribution in [2.24, 2.45) is 0 Å². The fourth-order valence-corrected chi connectivity index (χ4v) is 2.52. The van der Waals surface area contributed by atoms with Crippen molar-refractivity contribution < 1.29 is 0 Å². The minimum atomic E-state index is 0.600. The molecule has 5 heteroatoms. The van der Waals surface area contributed by atoms with Crippen LogP contribution in [-0.2, 0) is 0 Å². The van der Waals surface area contributed by atoms with Gasteiger partial charge in [0, 0.05) is 15.7 Å². The van der Waals surface area contributed by atoms with Crippen molar-refractivity contribution in [2.45, 2.75) is 6.92 Å². The Labute approximate surface area is 124 Å². The first kappa shape index (κ1) is 12.7. The molecule has 0 aliphatic carbocycles. The van der Waals surface area contributed by atoms with Crippen LogP contribution in [0, 0.1) is 18.3 Å². The smallest absolute Gasteiger partial charge is 0.139 e. The predicted molar refractivity (Wildman–Crippen MR) is 82.2 cm³/mol. The number of aromatic nitrogens is 2. The van der Waals surface area contributed by atoms with Gasteiger partial charge < -0.3 is 5.73 Å². The molecule has 0 saturated heterocycles. The molecule has 20 heavy (non-hydrogen) atoms. The van der Waals surface area contributed by atoms with Crippen LogP contribution in [-0.4, -0.2) is 9.38 Å². The molecule has 0 atom stereocenters. The van der Waals surface area contributed by atoms with E-state index in [1.807, 2.05) is 35.6 Å². The SMILES string of the molecule is Cc1c(Br)ccc2nc(-c3ccc(C#N)cc3)c(N)n12. The highest BCUT2D eigenvalue weighted by atomic mass is 79.9. The maximum Gasteiger partial charge on any atom is 0.139 e. The van der Waals surface area contributed by atoms with Crippen LogP contribution >= 0.6 is 15.9 Å². The first-order valence-corrected chi connectivity index (χ1v) is 6.84. The molecule has 0 unspecified atom stereocenters. The second-order valence-corrected chi connectivity index (χ2v) is 5.35. The second-order valence-electron chi connectivity index (χ2n) is 4.50. The maximum absolute atomic E-state index is 8.84. The minimum absolute atomic E-state index is 0.600. The molecule has 0 aliphatic rings. The second kappa shape index (κ2) is 4.66. The lowest BCUT2D eigenvalue weighted by atomic mass is 10.1. The van der Waals surface area contributed by atoms with Crippen LogP contribution in [0.1, 0.15) is 11.3 Å². The van der Waals surface area contributed by atoms with Gasteiger partial charge in [0.25, 0.3) is 0 Å². The van der Waals surface area contributed by atoms with Crippen molar-refractivity contribution >= 4 is 27.4 Å². The Morgan fingerprint density at radius 3 is 2.55 bits per heavy atom. The lowest BCUT2D eigenvalue weighted by Gasteiger charge is -2.04. The summed E-state index contributed by atoms with van der Waals surface area (Å²) in [5, 5.41) is 8.84. The Kier molecular flexibility index (Phi) is 2.96. The minimum Gasteiger partial charge on any atom is -0.383 e. The van der Waals surface area contributed by atoms with Crippen LogP contribution < -0.4 is 5.73 Å². The number of benzene rings is 1. The zero-order valence-corrected chi connectivity index (χ0v) is 12.3. The highest BCUT2D eigenvalue weighted by Crippen LogP contribution is 2.29. The van der Waals surface area contributed by atoms with Crippen molar-refractivity contribution in [3.63, 3.8) is 0 Å². The molecule has 2 N–H and O–H groups in total. The van der Waals surface area contributed by atoms with Gasteiger partial charge in [-0.1, -0.05) is 12.1 Å². The number of nitrogens with zero attached hydrogens (tertiary/aromatic N) is 3. The quantitative estimate of drug-likeness (QED) is 0.743.